The van der Waals surface area contributed by atoms with Crippen molar-refractivity contribution in [1.82, 2.24) is 14.9 Å². The van der Waals surface area contributed by atoms with Crippen molar-refractivity contribution in [1.29, 1.82) is 0 Å². The van der Waals surface area contributed by atoms with Crippen LogP contribution < -0.4 is 16.2 Å². The lowest BCUT2D eigenvalue weighted by Gasteiger charge is -2.43. The van der Waals surface area contributed by atoms with Crippen molar-refractivity contribution in [2.24, 2.45) is 0 Å². The highest BCUT2D eigenvalue weighted by molar-refractivity contribution is 5.79. The summed E-state index contributed by atoms with van der Waals surface area (Å²) in [5.74, 6) is 1.01. The second-order valence-electron chi connectivity index (χ2n) is 10.9. The number of hydrogen-bond acceptors (Lipinski definition) is 3. The molecule has 0 unspecified atom stereocenters. The normalized spacial score (nSPS) is 20.8. The highest BCUT2D eigenvalue weighted by Crippen LogP contribution is 2.22. The Morgan fingerprint density at radius 2 is 1.90 bits per heavy atom. The summed E-state index contributed by atoms with van der Waals surface area (Å²) < 4.78 is 1.86. The van der Waals surface area contributed by atoms with E-state index in [4.69, 9.17) is 4.98 Å². The van der Waals surface area contributed by atoms with Gasteiger partial charge < -0.3 is 10.6 Å². The van der Waals surface area contributed by atoms with E-state index in [2.05, 4.69) is 38.3 Å². The van der Waals surface area contributed by atoms with Crippen molar-refractivity contribution >= 4 is 16.8 Å². The first kappa shape index (κ1) is 22.0. The number of fused-ring (bicyclic) bond motifs is 2. The van der Waals surface area contributed by atoms with Gasteiger partial charge in [0.1, 0.15) is 5.82 Å². The van der Waals surface area contributed by atoms with Gasteiger partial charge in [-0.3, -0.25) is 14.2 Å². The van der Waals surface area contributed by atoms with Crippen molar-refractivity contribution in [3.8, 4) is 0 Å². The van der Waals surface area contributed by atoms with E-state index in [1.54, 1.807) is 0 Å². The summed E-state index contributed by atoms with van der Waals surface area (Å²) in [6, 6.07) is 6.11. The smallest absolute Gasteiger partial charge is 0.261 e. The molecule has 31 heavy (non-hydrogen) atoms. The fourth-order valence-electron chi connectivity index (χ4n) is 5.80. The van der Waals surface area contributed by atoms with E-state index < -0.39 is 0 Å². The first-order valence-electron chi connectivity index (χ1n) is 11.8. The zero-order valence-electron chi connectivity index (χ0n) is 19.5. The highest BCUT2D eigenvalue weighted by atomic mass is 16.1. The Bertz CT molecular complexity index is 1020. The maximum atomic E-state index is 13.0. The lowest BCUT2D eigenvalue weighted by Crippen LogP contribution is -3.06. The molecule has 0 aliphatic carbocycles. The molecule has 2 aliphatic heterocycles. The Hall–Kier alpha value is -2.21. The Balaban J connectivity index is 1.44. The van der Waals surface area contributed by atoms with E-state index in [0.29, 0.717) is 18.2 Å². The van der Waals surface area contributed by atoms with Gasteiger partial charge in [0.15, 0.2) is 0 Å². The van der Waals surface area contributed by atoms with Gasteiger partial charge in [0.25, 0.3) is 5.56 Å². The van der Waals surface area contributed by atoms with E-state index in [9.17, 15) is 9.59 Å². The van der Waals surface area contributed by atoms with Crippen LogP contribution in [0.5, 0.6) is 0 Å². The number of piperidine rings is 1. The molecule has 2 aromatic rings. The van der Waals surface area contributed by atoms with Crippen molar-refractivity contribution < 1.29 is 10.1 Å². The van der Waals surface area contributed by atoms with E-state index in [1.165, 1.54) is 0 Å². The maximum absolute atomic E-state index is 13.0. The quantitative estimate of drug-likeness (QED) is 0.790. The van der Waals surface area contributed by atoms with Crippen LogP contribution >= 0.6 is 0 Å². The number of carbonyl (C=O) groups excluding carboxylic acids is 1. The molecule has 0 saturated carbocycles. The van der Waals surface area contributed by atoms with Crippen molar-refractivity contribution in [3.63, 3.8) is 0 Å². The van der Waals surface area contributed by atoms with Gasteiger partial charge >= 0.3 is 0 Å². The molecule has 168 valence electrons. The number of hydrogen-bond donors (Lipinski definition) is 2. The molecular formula is C25H37N4O2+. The third kappa shape index (κ3) is 5.17. The van der Waals surface area contributed by atoms with Crippen LogP contribution in [0.25, 0.3) is 10.9 Å². The molecule has 1 aromatic carbocycles. The molecule has 0 spiro atoms. The van der Waals surface area contributed by atoms with Crippen LogP contribution in [0.15, 0.2) is 23.0 Å². The van der Waals surface area contributed by atoms with Crippen LogP contribution in [0.3, 0.4) is 0 Å². The maximum Gasteiger partial charge on any atom is 0.261 e. The molecule has 0 atom stereocenters. The molecule has 6 heteroatoms. The molecule has 3 heterocycles. The van der Waals surface area contributed by atoms with Crippen LogP contribution in [0.1, 0.15) is 77.6 Å². The van der Waals surface area contributed by atoms with Gasteiger partial charge in [-0.15, -0.1) is 0 Å². The van der Waals surface area contributed by atoms with Crippen LogP contribution in [0, 0.1) is 0 Å². The van der Waals surface area contributed by atoms with E-state index in [0.717, 1.165) is 62.0 Å². The van der Waals surface area contributed by atoms with Gasteiger partial charge in [0.05, 0.1) is 22.0 Å². The molecule has 0 radical (unpaired) electrons. The van der Waals surface area contributed by atoms with Gasteiger partial charge in [-0.05, 0) is 64.7 Å². The Morgan fingerprint density at radius 3 is 2.65 bits per heavy atom. The van der Waals surface area contributed by atoms with Gasteiger partial charge in [0, 0.05) is 38.3 Å². The van der Waals surface area contributed by atoms with Crippen molar-refractivity contribution in [2.75, 3.05) is 0 Å². The highest BCUT2D eigenvalue weighted by Gasteiger charge is 2.41. The van der Waals surface area contributed by atoms with E-state index >= 15 is 0 Å². The summed E-state index contributed by atoms with van der Waals surface area (Å²) in [5, 5.41) is 6.36. The fourth-order valence-corrected chi connectivity index (χ4v) is 5.80. The summed E-state index contributed by atoms with van der Waals surface area (Å²) in [7, 11) is 0. The minimum absolute atomic E-state index is 0.0659. The lowest BCUT2D eigenvalue weighted by atomic mass is 9.79. The molecule has 6 nitrogen and oxygen atoms in total. The summed E-state index contributed by atoms with van der Waals surface area (Å²) >= 11 is 0. The molecule has 2 aliphatic rings. The van der Waals surface area contributed by atoms with Crippen LogP contribution in [-0.2, 0) is 24.2 Å². The number of quaternary nitrogens is 1. The third-order valence-corrected chi connectivity index (χ3v) is 6.71. The largest absolute Gasteiger partial charge is 0.353 e. The molecule has 1 saturated heterocycles. The number of nitrogens with one attached hydrogen (secondary N) is 1. The predicted octanol–water partition coefficient (Wildman–Crippen LogP) is 2.45. The zero-order valence-corrected chi connectivity index (χ0v) is 19.5. The minimum atomic E-state index is 0.0659. The predicted molar refractivity (Wildman–Crippen MR) is 123 cm³/mol. The van der Waals surface area contributed by atoms with Crippen LogP contribution in [0.2, 0.25) is 0 Å². The van der Waals surface area contributed by atoms with Crippen LogP contribution in [0.4, 0.5) is 0 Å². The average molecular weight is 426 g/mol. The molecule has 3 N–H and O–H groups in total. The molecule has 0 bridgehead atoms. The summed E-state index contributed by atoms with van der Waals surface area (Å²) in [5.41, 5.74) is 2.12. The second-order valence-corrected chi connectivity index (χ2v) is 10.9. The Morgan fingerprint density at radius 1 is 1.16 bits per heavy atom. The van der Waals surface area contributed by atoms with Gasteiger partial charge in [-0.25, -0.2) is 4.98 Å². The summed E-state index contributed by atoms with van der Waals surface area (Å²) in [6.07, 6.45) is 7.18. The molecule has 1 amide bonds. The monoisotopic (exact) mass is 425 g/mol. The summed E-state index contributed by atoms with van der Waals surface area (Å²) in [6.45, 7) is 9.74. The van der Waals surface area contributed by atoms with Gasteiger partial charge in [-0.2, -0.15) is 0 Å². The number of benzene rings is 1. The number of carbonyl (C=O) groups is 1. The number of aromatic nitrogens is 2. The number of amides is 1. The van der Waals surface area contributed by atoms with Crippen LogP contribution in [-0.4, -0.2) is 32.6 Å². The van der Waals surface area contributed by atoms with E-state index in [-0.39, 0.29) is 28.6 Å². The SMILES string of the molecule is CC1(C)CC(NC(=O)CCc2ccc3nc4n(c(=O)c3c2)CCCCC4)CC(C)(C)[NH2+]1. The first-order chi connectivity index (χ1) is 14.6. The number of nitrogens with two attached hydrogens (primary N) is 1. The van der Waals surface area contributed by atoms with Gasteiger partial charge in [-0.1, -0.05) is 12.5 Å². The zero-order chi connectivity index (χ0) is 22.2. The fraction of sp³-hybridized carbons (Fsp3) is 0.640. The number of aryl methyl sites for hydroxylation is 2. The van der Waals surface area contributed by atoms with Gasteiger partial charge in [0.2, 0.25) is 5.91 Å². The first-order valence-corrected chi connectivity index (χ1v) is 11.8. The second kappa shape index (κ2) is 8.38. The van der Waals surface area contributed by atoms with E-state index in [1.807, 2.05) is 22.8 Å². The Kier molecular flexibility index (Phi) is 5.95. The topological polar surface area (TPSA) is 80.6 Å². The average Bonchev–Trinajstić information content (AvgIpc) is 2.90. The number of rotatable bonds is 4. The molecular weight excluding hydrogens is 388 g/mol. The standard InChI is InChI=1S/C25H36N4O2/c1-24(2)15-18(16-25(3,4)28-24)26-22(30)12-10-17-9-11-20-19(14-17)23(31)29-13-7-5-6-8-21(29)27-20/h9,11,14,18,28H,5-8,10,12-13,15-16H2,1-4H3,(H,26,30)/p+1. The molecule has 1 aromatic heterocycles. The third-order valence-electron chi connectivity index (χ3n) is 6.71. The van der Waals surface area contributed by atoms with Crippen molar-refractivity contribution in [3.05, 3.63) is 39.9 Å². The van der Waals surface area contributed by atoms with Crippen molar-refractivity contribution in [2.45, 2.75) is 103 Å². The summed E-state index contributed by atoms with van der Waals surface area (Å²) in [4.78, 5) is 30.5. The molecule has 1 fully saturated rings. The number of nitrogens with zero attached hydrogens (tertiary/aromatic N) is 2. The lowest BCUT2D eigenvalue weighted by molar-refractivity contribution is -0.787. The molecule has 4 rings (SSSR count). The minimum Gasteiger partial charge on any atom is -0.353 e. The Labute approximate surface area is 184 Å².